The number of alkyl halides is 3. The van der Waals surface area contributed by atoms with Crippen LogP contribution in [0.4, 0.5) is 13.2 Å². The maximum Gasteiger partial charge on any atom is 0.390 e. The molecule has 0 saturated heterocycles. The van der Waals surface area contributed by atoms with Gasteiger partial charge in [-0.25, -0.2) is 0 Å². The van der Waals surface area contributed by atoms with E-state index in [1.807, 2.05) is 6.92 Å². The van der Waals surface area contributed by atoms with Crippen LogP contribution in [0.15, 0.2) is 10.5 Å². The highest BCUT2D eigenvalue weighted by Gasteiger charge is 2.32. The maximum absolute atomic E-state index is 12.0. The first-order valence-corrected chi connectivity index (χ1v) is 5.48. The van der Waals surface area contributed by atoms with Gasteiger partial charge < -0.3 is 5.73 Å². The summed E-state index contributed by atoms with van der Waals surface area (Å²) in [6, 6.07) is 0.805. The van der Waals surface area contributed by atoms with Crippen molar-refractivity contribution in [1.29, 1.82) is 0 Å². The van der Waals surface area contributed by atoms with Gasteiger partial charge in [-0.05, 0) is 28.9 Å². The van der Waals surface area contributed by atoms with Crippen molar-refractivity contribution >= 4 is 27.3 Å². The minimum absolute atomic E-state index is 0.555. The van der Waals surface area contributed by atoms with E-state index < -0.39 is 18.6 Å². The van der Waals surface area contributed by atoms with Gasteiger partial charge in [0.1, 0.15) is 0 Å². The van der Waals surface area contributed by atoms with E-state index in [1.54, 1.807) is 6.07 Å². The molecule has 0 radical (unpaired) electrons. The molecule has 1 atom stereocenters. The fourth-order valence-corrected chi connectivity index (χ4v) is 3.04. The Balaban J connectivity index is 2.79. The Bertz CT molecular complexity index is 321. The number of nitrogens with two attached hydrogens (primary N) is 1. The summed E-state index contributed by atoms with van der Waals surface area (Å²) in [4.78, 5) is 1.50. The van der Waals surface area contributed by atoms with Crippen molar-refractivity contribution in [2.24, 2.45) is 5.73 Å². The third-order valence-electron chi connectivity index (χ3n) is 1.62. The summed E-state index contributed by atoms with van der Waals surface area (Å²) in [6.45, 7) is 1.83. The summed E-state index contributed by atoms with van der Waals surface area (Å²) >= 11 is 4.48. The third-order valence-corrected chi connectivity index (χ3v) is 3.73. The molecule has 0 aromatic carbocycles. The lowest BCUT2D eigenvalue weighted by Gasteiger charge is -2.12. The number of aryl methyl sites for hydroxylation is 1. The standard InChI is InChI=1S/C8H9BrF3NS/c1-4-2-5(9)7(14-4)6(13)3-8(10,11)12/h2,6H,3,13H2,1H3. The highest BCUT2D eigenvalue weighted by molar-refractivity contribution is 9.10. The molecule has 6 heteroatoms. The predicted molar refractivity (Wildman–Crippen MR) is 54.4 cm³/mol. The van der Waals surface area contributed by atoms with Crippen LogP contribution < -0.4 is 5.73 Å². The quantitative estimate of drug-likeness (QED) is 0.880. The molecule has 1 aromatic rings. The Labute approximate surface area is 92.2 Å². The Morgan fingerprint density at radius 1 is 1.57 bits per heavy atom. The normalized spacial score (nSPS) is 14.4. The van der Waals surface area contributed by atoms with Crippen LogP contribution in [0.1, 0.15) is 22.2 Å². The van der Waals surface area contributed by atoms with Gasteiger partial charge in [0.25, 0.3) is 0 Å². The lowest BCUT2D eigenvalue weighted by Crippen LogP contribution is -2.19. The Morgan fingerprint density at radius 2 is 2.14 bits per heavy atom. The van der Waals surface area contributed by atoms with Crippen molar-refractivity contribution in [2.75, 3.05) is 0 Å². The largest absolute Gasteiger partial charge is 0.390 e. The molecule has 0 bridgehead atoms. The van der Waals surface area contributed by atoms with Crippen molar-refractivity contribution in [1.82, 2.24) is 0 Å². The van der Waals surface area contributed by atoms with Gasteiger partial charge in [-0.1, -0.05) is 0 Å². The molecule has 1 heterocycles. The van der Waals surface area contributed by atoms with Crippen LogP contribution in [0.2, 0.25) is 0 Å². The molecule has 1 unspecified atom stereocenters. The van der Waals surface area contributed by atoms with Crippen LogP contribution in [0.3, 0.4) is 0 Å². The molecule has 0 saturated carbocycles. The number of rotatable bonds is 2. The Kier molecular flexibility index (Phi) is 3.60. The van der Waals surface area contributed by atoms with Crippen LogP contribution in [0.5, 0.6) is 0 Å². The van der Waals surface area contributed by atoms with Gasteiger partial charge in [0.15, 0.2) is 0 Å². The van der Waals surface area contributed by atoms with Gasteiger partial charge >= 0.3 is 6.18 Å². The molecule has 1 aromatic heterocycles. The summed E-state index contributed by atoms with van der Waals surface area (Å²) in [5, 5.41) is 0. The monoisotopic (exact) mass is 287 g/mol. The lowest BCUT2D eigenvalue weighted by atomic mass is 10.2. The van der Waals surface area contributed by atoms with Gasteiger partial charge in [-0.15, -0.1) is 11.3 Å². The van der Waals surface area contributed by atoms with Crippen LogP contribution in [-0.4, -0.2) is 6.18 Å². The van der Waals surface area contributed by atoms with Crippen molar-refractivity contribution in [3.05, 3.63) is 20.3 Å². The molecule has 2 N–H and O–H groups in total. The fraction of sp³-hybridized carbons (Fsp3) is 0.500. The minimum Gasteiger partial charge on any atom is -0.323 e. The summed E-state index contributed by atoms with van der Waals surface area (Å²) in [6.07, 6.45) is -5.19. The van der Waals surface area contributed by atoms with Crippen molar-refractivity contribution in [3.63, 3.8) is 0 Å². The average Bonchev–Trinajstić information content (AvgIpc) is 2.26. The summed E-state index contributed by atoms with van der Waals surface area (Å²) in [5.41, 5.74) is 5.46. The van der Waals surface area contributed by atoms with Crippen molar-refractivity contribution < 1.29 is 13.2 Å². The van der Waals surface area contributed by atoms with Crippen LogP contribution in [-0.2, 0) is 0 Å². The topological polar surface area (TPSA) is 26.0 Å². The van der Waals surface area contributed by atoms with E-state index in [0.29, 0.717) is 9.35 Å². The van der Waals surface area contributed by atoms with E-state index in [4.69, 9.17) is 5.73 Å². The second-order valence-electron chi connectivity index (χ2n) is 3.00. The van der Waals surface area contributed by atoms with E-state index in [1.165, 1.54) is 11.3 Å². The molecule has 1 nitrogen and oxygen atoms in total. The maximum atomic E-state index is 12.0. The van der Waals surface area contributed by atoms with Crippen molar-refractivity contribution in [2.45, 2.75) is 25.6 Å². The molecule has 0 fully saturated rings. The summed E-state index contributed by atoms with van der Waals surface area (Å²) < 4.78 is 36.8. The molecule has 1 rings (SSSR count). The van der Waals surface area contributed by atoms with Crippen LogP contribution in [0.25, 0.3) is 0 Å². The zero-order valence-electron chi connectivity index (χ0n) is 7.36. The van der Waals surface area contributed by atoms with E-state index in [9.17, 15) is 13.2 Å². The smallest absolute Gasteiger partial charge is 0.323 e. The van der Waals surface area contributed by atoms with Gasteiger partial charge in [-0.3, -0.25) is 0 Å². The highest BCUT2D eigenvalue weighted by Crippen LogP contribution is 2.36. The molecular weight excluding hydrogens is 279 g/mol. The molecule has 0 aliphatic carbocycles. The SMILES string of the molecule is Cc1cc(Br)c(C(N)CC(F)(F)F)s1. The molecule has 0 aliphatic rings. The second kappa shape index (κ2) is 4.20. The molecular formula is C8H9BrF3NS. The number of hydrogen-bond acceptors (Lipinski definition) is 2. The second-order valence-corrected chi connectivity index (χ2v) is 5.14. The number of thiophene rings is 1. The molecule has 0 amide bonds. The lowest BCUT2D eigenvalue weighted by molar-refractivity contribution is -0.138. The van der Waals surface area contributed by atoms with Gasteiger partial charge in [0.2, 0.25) is 0 Å². The predicted octanol–water partition coefficient (Wildman–Crippen LogP) is 3.77. The molecule has 14 heavy (non-hydrogen) atoms. The first kappa shape index (κ1) is 12.0. The third kappa shape index (κ3) is 3.25. The highest BCUT2D eigenvalue weighted by atomic mass is 79.9. The summed E-state index contributed by atoms with van der Waals surface area (Å²) in [5.74, 6) is 0. The average molecular weight is 288 g/mol. The van der Waals surface area contributed by atoms with Gasteiger partial charge in [0.05, 0.1) is 6.42 Å². The Morgan fingerprint density at radius 3 is 2.50 bits per heavy atom. The van der Waals surface area contributed by atoms with E-state index in [-0.39, 0.29) is 0 Å². The van der Waals surface area contributed by atoms with E-state index >= 15 is 0 Å². The number of halogens is 4. The van der Waals surface area contributed by atoms with E-state index in [0.717, 1.165) is 4.88 Å². The van der Waals surface area contributed by atoms with E-state index in [2.05, 4.69) is 15.9 Å². The van der Waals surface area contributed by atoms with Gasteiger partial charge in [-0.2, -0.15) is 13.2 Å². The Hall–Kier alpha value is -0.0700. The van der Waals surface area contributed by atoms with Crippen LogP contribution >= 0.6 is 27.3 Å². The first-order chi connectivity index (χ1) is 6.29. The molecule has 80 valence electrons. The zero-order valence-corrected chi connectivity index (χ0v) is 9.76. The molecule has 0 aliphatic heterocycles. The first-order valence-electron chi connectivity index (χ1n) is 3.88. The van der Waals surface area contributed by atoms with Crippen LogP contribution in [0, 0.1) is 6.92 Å². The summed E-state index contributed by atoms with van der Waals surface area (Å²) in [7, 11) is 0. The van der Waals surface area contributed by atoms with Crippen molar-refractivity contribution in [3.8, 4) is 0 Å². The van der Waals surface area contributed by atoms with Gasteiger partial charge in [0, 0.05) is 20.3 Å². The number of hydrogen-bond donors (Lipinski definition) is 1. The minimum atomic E-state index is -4.21. The zero-order chi connectivity index (χ0) is 10.9. The fourth-order valence-electron chi connectivity index (χ4n) is 1.10. The molecule has 0 spiro atoms.